The van der Waals surface area contributed by atoms with Gasteiger partial charge in [0.2, 0.25) is 10.0 Å². The molecule has 2 rings (SSSR count). The lowest BCUT2D eigenvalue weighted by atomic mass is 10.2. The Bertz CT molecular complexity index is 590. The summed E-state index contributed by atoms with van der Waals surface area (Å²) in [5.74, 6) is -0.982. The summed E-state index contributed by atoms with van der Waals surface area (Å²) in [7, 11) is -3.94. The number of benzene rings is 1. The van der Waals surface area contributed by atoms with E-state index in [1.54, 1.807) is 0 Å². The van der Waals surface area contributed by atoms with Crippen LogP contribution in [-0.2, 0) is 14.8 Å². The fourth-order valence-corrected chi connectivity index (χ4v) is 3.47. The van der Waals surface area contributed by atoms with E-state index in [1.807, 2.05) is 0 Å². The molecule has 4 nitrogen and oxygen atoms in total. The Hall–Kier alpha value is -0.980. The molecule has 1 aromatic rings. The Kier molecular flexibility index (Phi) is 3.21. The van der Waals surface area contributed by atoms with Crippen LogP contribution in [0.1, 0.15) is 19.8 Å². The van der Waals surface area contributed by atoms with E-state index in [1.165, 1.54) is 6.92 Å². The highest BCUT2D eigenvalue weighted by Gasteiger charge is 2.50. The molecule has 0 unspecified atom stereocenters. The third-order valence-electron chi connectivity index (χ3n) is 2.90. The molecular weight excluding hydrogens is 281 g/mol. The van der Waals surface area contributed by atoms with Crippen LogP contribution in [0, 0.1) is 5.82 Å². The van der Waals surface area contributed by atoms with Gasteiger partial charge in [-0.1, -0.05) is 11.6 Å². The van der Waals surface area contributed by atoms with E-state index in [-0.39, 0.29) is 15.7 Å². The number of nitrogens with one attached hydrogen (secondary N) is 1. The van der Waals surface area contributed by atoms with Crippen molar-refractivity contribution < 1.29 is 17.6 Å². The van der Waals surface area contributed by atoms with Crippen LogP contribution in [0.5, 0.6) is 0 Å². The maximum absolute atomic E-state index is 13.1. The van der Waals surface area contributed by atoms with Crippen molar-refractivity contribution in [3.8, 4) is 0 Å². The Balaban J connectivity index is 2.34. The van der Waals surface area contributed by atoms with Gasteiger partial charge in [-0.15, -0.1) is 0 Å². The summed E-state index contributed by atoms with van der Waals surface area (Å²) >= 11 is 5.61. The topological polar surface area (TPSA) is 63.2 Å². The summed E-state index contributed by atoms with van der Waals surface area (Å²) in [4.78, 5) is 11.1. The first-order valence-corrected chi connectivity index (χ1v) is 7.12. The number of carbonyl (C=O) groups excluding carboxylic acids is 1. The largest absolute Gasteiger partial charge is 0.298 e. The smallest absolute Gasteiger partial charge is 0.241 e. The van der Waals surface area contributed by atoms with Crippen LogP contribution in [0.4, 0.5) is 4.39 Å². The molecule has 1 aromatic carbocycles. The van der Waals surface area contributed by atoms with Crippen molar-refractivity contribution >= 4 is 27.4 Å². The average Bonchev–Trinajstić information content (AvgIpc) is 2.96. The van der Waals surface area contributed by atoms with Crippen LogP contribution < -0.4 is 4.72 Å². The number of ketones is 1. The predicted molar refractivity (Wildman–Crippen MR) is 64.4 cm³/mol. The van der Waals surface area contributed by atoms with E-state index in [9.17, 15) is 17.6 Å². The predicted octanol–water partition coefficient (Wildman–Crippen LogP) is 1.88. The molecule has 0 heterocycles. The summed E-state index contributed by atoms with van der Waals surface area (Å²) < 4.78 is 39.4. The Morgan fingerprint density at radius 2 is 2.00 bits per heavy atom. The highest BCUT2D eigenvalue weighted by atomic mass is 35.5. The van der Waals surface area contributed by atoms with Gasteiger partial charge >= 0.3 is 0 Å². The Morgan fingerprint density at radius 1 is 1.39 bits per heavy atom. The molecule has 0 saturated heterocycles. The van der Waals surface area contributed by atoms with Gasteiger partial charge in [0.15, 0.2) is 5.78 Å². The van der Waals surface area contributed by atoms with Crippen LogP contribution in [0.3, 0.4) is 0 Å². The summed E-state index contributed by atoms with van der Waals surface area (Å²) in [6, 6.07) is 3.02. The molecule has 0 spiro atoms. The van der Waals surface area contributed by atoms with Crippen LogP contribution >= 0.6 is 11.6 Å². The molecule has 18 heavy (non-hydrogen) atoms. The summed E-state index contributed by atoms with van der Waals surface area (Å²) in [6.07, 6.45) is 0.926. The van der Waals surface area contributed by atoms with Crippen molar-refractivity contribution in [1.82, 2.24) is 4.72 Å². The highest BCUT2D eigenvalue weighted by molar-refractivity contribution is 7.89. The molecule has 1 aliphatic rings. The van der Waals surface area contributed by atoms with Gasteiger partial charge in [-0.25, -0.2) is 12.8 Å². The normalized spacial score (nSPS) is 17.5. The fourth-order valence-electron chi connectivity index (χ4n) is 1.65. The fraction of sp³-hybridized carbons (Fsp3) is 0.364. The molecule has 0 radical (unpaired) electrons. The minimum absolute atomic E-state index is 0.0111. The molecule has 7 heteroatoms. The van der Waals surface area contributed by atoms with Crippen molar-refractivity contribution in [3.63, 3.8) is 0 Å². The number of hydrogen-bond acceptors (Lipinski definition) is 3. The second-order valence-corrected chi connectivity index (χ2v) is 6.47. The lowest BCUT2D eigenvalue weighted by Gasteiger charge is -2.14. The van der Waals surface area contributed by atoms with E-state index in [4.69, 9.17) is 11.6 Å². The second kappa shape index (κ2) is 4.29. The van der Waals surface area contributed by atoms with Crippen molar-refractivity contribution in [2.45, 2.75) is 30.2 Å². The number of sulfonamides is 1. The summed E-state index contributed by atoms with van der Waals surface area (Å²) in [5.41, 5.74) is -1.02. The zero-order chi connectivity index (χ0) is 13.6. The minimum Gasteiger partial charge on any atom is -0.298 e. The van der Waals surface area contributed by atoms with Crippen LogP contribution in [0.2, 0.25) is 5.02 Å². The number of rotatable bonds is 4. The van der Waals surface area contributed by atoms with Gasteiger partial charge in [0.1, 0.15) is 5.82 Å². The van der Waals surface area contributed by atoms with Gasteiger partial charge in [0.25, 0.3) is 0 Å². The molecule has 1 aliphatic carbocycles. The molecule has 0 aromatic heterocycles. The number of carbonyl (C=O) groups is 1. The SMILES string of the molecule is CC(=O)C1(NS(=O)(=O)c2cc(F)cc(Cl)c2)CC1. The lowest BCUT2D eigenvalue weighted by molar-refractivity contribution is -0.119. The van der Waals surface area contributed by atoms with Gasteiger partial charge in [0, 0.05) is 5.02 Å². The first-order valence-electron chi connectivity index (χ1n) is 5.26. The van der Waals surface area contributed by atoms with E-state index in [2.05, 4.69) is 4.72 Å². The second-order valence-electron chi connectivity index (χ2n) is 4.35. The van der Waals surface area contributed by atoms with Crippen molar-refractivity contribution in [2.24, 2.45) is 0 Å². The van der Waals surface area contributed by atoms with E-state index < -0.39 is 21.4 Å². The zero-order valence-corrected chi connectivity index (χ0v) is 11.1. The highest BCUT2D eigenvalue weighted by Crippen LogP contribution is 2.37. The lowest BCUT2D eigenvalue weighted by Crippen LogP contribution is -2.41. The molecule has 98 valence electrons. The molecule has 0 atom stereocenters. The van der Waals surface area contributed by atoms with Crippen LogP contribution in [0.15, 0.2) is 23.1 Å². The molecule has 0 amide bonds. The van der Waals surface area contributed by atoms with Crippen molar-refractivity contribution in [3.05, 3.63) is 29.0 Å². The Morgan fingerprint density at radius 3 is 2.44 bits per heavy atom. The van der Waals surface area contributed by atoms with E-state index in [0.29, 0.717) is 12.8 Å². The van der Waals surface area contributed by atoms with E-state index >= 15 is 0 Å². The average molecular weight is 292 g/mol. The van der Waals surface area contributed by atoms with Gasteiger partial charge in [-0.3, -0.25) is 4.79 Å². The minimum atomic E-state index is -3.94. The summed E-state index contributed by atoms with van der Waals surface area (Å²) in [6.45, 7) is 1.33. The van der Waals surface area contributed by atoms with Crippen molar-refractivity contribution in [2.75, 3.05) is 0 Å². The quantitative estimate of drug-likeness (QED) is 0.921. The van der Waals surface area contributed by atoms with E-state index in [0.717, 1.165) is 18.2 Å². The monoisotopic (exact) mass is 291 g/mol. The summed E-state index contributed by atoms with van der Waals surface area (Å²) in [5, 5.41) is -0.0111. The Labute approximate surface area is 109 Å². The molecule has 1 fully saturated rings. The zero-order valence-electron chi connectivity index (χ0n) is 9.54. The number of Topliss-reactive ketones (excluding diaryl/α,β-unsaturated/α-hetero) is 1. The number of halogens is 2. The first-order chi connectivity index (χ1) is 8.25. The molecule has 1 saturated carbocycles. The standard InChI is InChI=1S/C11H11ClFNO3S/c1-7(15)11(2-3-11)14-18(16,17)10-5-8(12)4-9(13)6-10/h4-6,14H,2-3H2,1H3. The van der Waals surface area contributed by atoms with Gasteiger partial charge in [-0.05, 0) is 38.0 Å². The van der Waals surface area contributed by atoms with Crippen LogP contribution in [-0.4, -0.2) is 19.7 Å². The molecule has 0 aliphatic heterocycles. The molecular formula is C11H11ClFNO3S. The molecule has 0 bridgehead atoms. The van der Waals surface area contributed by atoms with Gasteiger partial charge < -0.3 is 0 Å². The molecule has 1 N–H and O–H groups in total. The van der Waals surface area contributed by atoms with Crippen LogP contribution in [0.25, 0.3) is 0 Å². The third kappa shape index (κ3) is 2.55. The van der Waals surface area contributed by atoms with Gasteiger partial charge in [0.05, 0.1) is 10.4 Å². The maximum Gasteiger partial charge on any atom is 0.241 e. The van der Waals surface area contributed by atoms with Gasteiger partial charge in [-0.2, -0.15) is 4.72 Å². The first kappa shape index (κ1) is 13.5. The maximum atomic E-state index is 13.1. The third-order valence-corrected chi connectivity index (χ3v) is 4.63. The van der Waals surface area contributed by atoms with Crippen molar-refractivity contribution in [1.29, 1.82) is 0 Å². The number of hydrogen-bond donors (Lipinski definition) is 1.